The summed E-state index contributed by atoms with van der Waals surface area (Å²) in [6, 6.07) is 11.3. The highest BCUT2D eigenvalue weighted by molar-refractivity contribution is 5.55. The molecule has 2 unspecified atom stereocenters. The Morgan fingerprint density at radius 1 is 1.19 bits per heavy atom. The first-order valence-corrected chi connectivity index (χ1v) is 8.80. The van der Waals surface area contributed by atoms with Crippen molar-refractivity contribution in [3.05, 3.63) is 63.8 Å². The third-order valence-corrected chi connectivity index (χ3v) is 4.37. The topological polar surface area (TPSA) is 80.5 Å². The Hall–Kier alpha value is -2.51. The normalized spacial score (nSPS) is 20.7. The molecule has 2 aromatic rings. The molecule has 1 saturated heterocycles. The van der Waals surface area contributed by atoms with Crippen molar-refractivity contribution in [1.29, 1.82) is 0 Å². The Balaban J connectivity index is 1.57. The predicted molar refractivity (Wildman–Crippen MR) is 99.9 cm³/mol. The summed E-state index contributed by atoms with van der Waals surface area (Å²) < 4.78 is 5.77. The van der Waals surface area contributed by atoms with Gasteiger partial charge in [0, 0.05) is 38.4 Å². The van der Waals surface area contributed by atoms with Crippen molar-refractivity contribution in [2.45, 2.75) is 39.1 Å². The van der Waals surface area contributed by atoms with Crippen molar-refractivity contribution in [1.82, 2.24) is 9.88 Å². The van der Waals surface area contributed by atoms with Crippen LogP contribution in [-0.4, -0.2) is 40.1 Å². The monoisotopic (exact) mass is 356 g/mol. The molecule has 1 aliphatic heterocycles. The van der Waals surface area contributed by atoms with E-state index in [0.29, 0.717) is 6.54 Å². The summed E-state index contributed by atoms with van der Waals surface area (Å²) in [5, 5.41) is 14.1. The lowest BCUT2D eigenvalue weighted by Crippen LogP contribution is -2.44. The molecule has 0 spiro atoms. The van der Waals surface area contributed by atoms with Gasteiger partial charge in [0.2, 0.25) is 5.82 Å². The largest absolute Gasteiger partial charge is 0.373 e. The molecule has 0 bridgehead atoms. The van der Waals surface area contributed by atoms with Crippen molar-refractivity contribution in [2.75, 3.05) is 18.4 Å². The third-order valence-electron chi connectivity index (χ3n) is 4.37. The van der Waals surface area contributed by atoms with Crippen molar-refractivity contribution in [3.8, 4) is 0 Å². The highest BCUT2D eigenvalue weighted by Gasteiger charge is 2.22. The number of ether oxygens (including phenoxy) is 1. The number of aromatic nitrogens is 1. The molecule has 1 aromatic heterocycles. The first kappa shape index (κ1) is 18.3. The van der Waals surface area contributed by atoms with Crippen LogP contribution in [0.2, 0.25) is 0 Å². The summed E-state index contributed by atoms with van der Waals surface area (Å²) in [6.07, 6.45) is 2.07. The minimum atomic E-state index is -0.428. The van der Waals surface area contributed by atoms with Gasteiger partial charge in [0.1, 0.15) is 0 Å². The number of morpholine rings is 1. The number of benzene rings is 1. The van der Waals surface area contributed by atoms with E-state index in [1.807, 2.05) is 12.1 Å². The van der Waals surface area contributed by atoms with E-state index in [1.54, 1.807) is 12.3 Å². The quantitative estimate of drug-likeness (QED) is 0.632. The zero-order valence-electron chi connectivity index (χ0n) is 15.1. The van der Waals surface area contributed by atoms with E-state index in [1.165, 1.54) is 11.6 Å². The average Bonchev–Trinajstić information content (AvgIpc) is 2.60. The molecule has 1 aliphatic rings. The summed E-state index contributed by atoms with van der Waals surface area (Å²) >= 11 is 0. The number of rotatable bonds is 6. The minimum Gasteiger partial charge on any atom is -0.373 e. The standard InChI is InChI=1S/C19H24N4O3/c1-14-11-22(12-15(2)26-14)13-17-7-5-16(6-8-17)10-21-19-18(23(24)25)4-3-9-20-19/h3-9,14-15H,10-13H2,1-2H3,(H,20,21). The first-order valence-electron chi connectivity index (χ1n) is 8.80. The van der Waals surface area contributed by atoms with Crippen molar-refractivity contribution in [2.24, 2.45) is 0 Å². The highest BCUT2D eigenvalue weighted by Crippen LogP contribution is 2.21. The molecule has 0 amide bonds. The van der Waals surface area contributed by atoms with Gasteiger partial charge in [0.25, 0.3) is 0 Å². The Morgan fingerprint density at radius 3 is 2.50 bits per heavy atom. The van der Waals surface area contributed by atoms with Crippen LogP contribution in [0.25, 0.3) is 0 Å². The maximum absolute atomic E-state index is 11.0. The summed E-state index contributed by atoms with van der Waals surface area (Å²) in [6.45, 7) is 7.48. The molecule has 0 radical (unpaired) electrons. The highest BCUT2D eigenvalue weighted by atomic mass is 16.6. The second kappa shape index (κ2) is 8.25. The SMILES string of the molecule is CC1CN(Cc2ccc(CNc3ncccc3[N+](=O)[O-])cc2)CC(C)O1. The van der Waals surface area contributed by atoms with Gasteiger partial charge >= 0.3 is 5.69 Å². The minimum absolute atomic E-state index is 0.0142. The fourth-order valence-electron chi connectivity index (χ4n) is 3.30. The molecule has 1 fully saturated rings. The van der Waals surface area contributed by atoms with E-state index < -0.39 is 4.92 Å². The molecule has 26 heavy (non-hydrogen) atoms. The second-order valence-electron chi connectivity index (χ2n) is 6.75. The van der Waals surface area contributed by atoms with Gasteiger partial charge in [0.15, 0.2) is 0 Å². The molecule has 2 heterocycles. The molecular formula is C19H24N4O3. The fraction of sp³-hybridized carbons (Fsp3) is 0.421. The number of nitro groups is 1. The number of nitrogens with zero attached hydrogens (tertiary/aromatic N) is 3. The molecule has 3 rings (SSSR count). The third kappa shape index (κ3) is 4.77. The lowest BCUT2D eigenvalue weighted by molar-refractivity contribution is -0.384. The molecule has 7 nitrogen and oxygen atoms in total. The number of anilines is 1. The zero-order chi connectivity index (χ0) is 18.5. The summed E-state index contributed by atoms with van der Waals surface area (Å²) in [5.41, 5.74) is 2.29. The maximum Gasteiger partial charge on any atom is 0.311 e. The Labute approximate surface area is 153 Å². The first-order chi connectivity index (χ1) is 12.5. The van der Waals surface area contributed by atoms with Gasteiger partial charge in [-0.15, -0.1) is 0 Å². The van der Waals surface area contributed by atoms with Crippen LogP contribution in [0.3, 0.4) is 0 Å². The average molecular weight is 356 g/mol. The fourth-order valence-corrected chi connectivity index (χ4v) is 3.30. The number of hydrogen-bond donors (Lipinski definition) is 1. The van der Waals surface area contributed by atoms with Crippen LogP contribution in [0.15, 0.2) is 42.6 Å². The Bertz CT molecular complexity index is 741. The summed E-state index contributed by atoms with van der Waals surface area (Å²) in [5.74, 6) is 0.290. The van der Waals surface area contributed by atoms with E-state index in [0.717, 1.165) is 25.2 Å². The van der Waals surface area contributed by atoms with Crippen LogP contribution < -0.4 is 5.32 Å². The van der Waals surface area contributed by atoms with E-state index >= 15 is 0 Å². The van der Waals surface area contributed by atoms with E-state index in [2.05, 4.69) is 41.2 Å². The lowest BCUT2D eigenvalue weighted by Gasteiger charge is -2.35. The van der Waals surface area contributed by atoms with Crippen molar-refractivity contribution < 1.29 is 9.66 Å². The van der Waals surface area contributed by atoms with E-state index in [9.17, 15) is 10.1 Å². The number of hydrogen-bond acceptors (Lipinski definition) is 6. The lowest BCUT2D eigenvalue weighted by atomic mass is 10.1. The van der Waals surface area contributed by atoms with Gasteiger partial charge < -0.3 is 10.1 Å². The molecule has 1 aromatic carbocycles. The van der Waals surface area contributed by atoms with E-state index in [-0.39, 0.29) is 23.7 Å². The Kier molecular flexibility index (Phi) is 5.80. The van der Waals surface area contributed by atoms with Gasteiger partial charge in [0.05, 0.1) is 17.1 Å². The smallest absolute Gasteiger partial charge is 0.311 e. The molecule has 2 atom stereocenters. The van der Waals surface area contributed by atoms with Gasteiger partial charge in [-0.2, -0.15) is 0 Å². The van der Waals surface area contributed by atoms with Crippen LogP contribution in [0.1, 0.15) is 25.0 Å². The predicted octanol–water partition coefficient (Wildman–Crippen LogP) is 3.21. The van der Waals surface area contributed by atoms with Crippen molar-refractivity contribution in [3.63, 3.8) is 0 Å². The zero-order valence-corrected chi connectivity index (χ0v) is 15.1. The molecule has 138 valence electrons. The number of pyridine rings is 1. The molecular weight excluding hydrogens is 332 g/mol. The van der Waals surface area contributed by atoms with Gasteiger partial charge in [-0.25, -0.2) is 4.98 Å². The summed E-state index contributed by atoms with van der Waals surface area (Å²) in [4.78, 5) is 17.1. The summed E-state index contributed by atoms with van der Waals surface area (Å²) in [7, 11) is 0. The van der Waals surface area contributed by atoms with Crippen molar-refractivity contribution >= 4 is 11.5 Å². The molecule has 0 aliphatic carbocycles. The van der Waals surface area contributed by atoms with Gasteiger partial charge in [-0.3, -0.25) is 15.0 Å². The van der Waals surface area contributed by atoms with Crippen LogP contribution >= 0.6 is 0 Å². The van der Waals surface area contributed by atoms with Crippen LogP contribution in [0, 0.1) is 10.1 Å². The van der Waals surface area contributed by atoms with Gasteiger partial charge in [-0.05, 0) is 31.0 Å². The van der Waals surface area contributed by atoms with Crippen LogP contribution in [-0.2, 0) is 17.8 Å². The Morgan fingerprint density at radius 2 is 1.85 bits per heavy atom. The van der Waals surface area contributed by atoms with Gasteiger partial charge in [-0.1, -0.05) is 24.3 Å². The maximum atomic E-state index is 11.0. The second-order valence-corrected chi connectivity index (χ2v) is 6.75. The van der Waals surface area contributed by atoms with Crippen LogP contribution in [0.4, 0.5) is 11.5 Å². The van der Waals surface area contributed by atoms with E-state index in [4.69, 9.17) is 4.74 Å². The van der Waals surface area contributed by atoms with Crippen LogP contribution in [0.5, 0.6) is 0 Å². The molecule has 0 saturated carbocycles. The number of nitrogens with one attached hydrogen (secondary N) is 1. The molecule has 1 N–H and O–H groups in total. The molecule has 7 heteroatoms.